The Bertz CT molecular complexity index is 246. The second-order valence-electron chi connectivity index (χ2n) is 7.02. The highest BCUT2D eigenvalue weighted by Crippen LogP contribution is 2.37. The average molecular weight is 313 g/mol. The third-order valence-corrected chi connectivity index (χ3v) is 4.98. The molecule has 2 nitrogen and oxygen atoms in total. The van der Waals surface area contributed by atoms with E-state index in [4.69, 9.17) is 0 Å². The molecule has 0 aromatic rings. The molecule has 2 heteroatoms. The van der Waals surface area contributed by atoms with E-state index in [1.165, 1.54) is 51.4 Å². The van der Waals surface area contributed by atoms with E-state index in [9.17, 15) is 9.90 Å². The van der Waals surface area contributed by atoms with Crippen LogP contribution < -0.4 is 0 Å². The fourth-order valence-corrected chi connectivity index (χ4v) is 3.34. The van der Waals surface area contributed by atoms with Crippen molar-refractivity contribution >= 4 is 5.97 Å². The van der Waals surface area contributed by atoms with Crippen LogP contribution in [0.15, 0.2) is 0 Å². The average Bonchev–Trinajstić information content (AvgIpc) is 2.51. The van der Waals surface area contributed by atoms with E-state index in [0.717, 1.165) is 44.9 Å². The fraction of sp³-hybridized carbons (Fsp3) is 0.950. The fourth-order valence-electron chi connectivity index (χ4n) is 3.34. The lowest BCUT2D eigenvalue weighted by molar-refractivity contribution is -0.150. The van der Waals surface area contributed by atoms with Crippen LogP contribution >= 0.6 is 0 Å². The van der Waals surface area contributed by atoms with E-state index in [-0.39, 0.29) is 0 Å². The Hall–Kier alpha value is -0.530. The highest BCUT2D eigenvalue weighted by molar-refractivity contribution is 5.74. The van der Waals surface area contributed by atoms with Crippen LogP contribution in [-0.2, 0) is 4.79 Å². The maximum atomic E-state index is 12.0. The van der Waals surface area contributed by atoms with Gasteiger partial charge in [-0.2, -0.15) is 0 Å². The highest BCUT2D eigenvalue weighted by Gasteiger charge is 2.36. The van der Waals surface area contributed by atoms with Gasteiger partial charge in [-0.15, -0.1) is 0 Å². The second kappa shape index (κ2) is 14.1. The summed E-state index contributed by atoms with van der Waals surface area (Å²) in [5.74, 6) is -0.535. The third kappa shape index (κ3) is 9.48. The van der Waals surface area contributed by atoms with E-state index in [1.54, 1.807) is 0 Å². The van der Waals surface area contributed by atoms with E-state index in [0.29, 0.717) is 0 Å². The summed E-state index contributed by atoms with van der Waals surface area (Å²) in [6.07, 6.45) is 17.0. The van der Waals surface area contributed by atoms with E-state index < -0.39 is 11.4 Å². The van der Waals surface area contributed by atoms with Crippen molar-refractivity contribution in [2.45, 2.75) is 117 Å². The predicted octanol–water partition coefficient (Wildman–Crippen LogP) is 6.97. The minimum atomic E-state index is -0.535. The Morgan fingerprint density at radius 3 is 1.36 bits per heavy atom. The van der Waals surface area contributed by atoms with Crippen LogP contribution in [0.2, 0.25) is 0 Å². The summed E-state index contributed by atoms with van der Waals surface area (Å²) in [6.45, 7) is 6.60. The van der Waals surface area contributed by atoms with Crippen LogP contribution in [0.5, 0.6) is 0 Å². The molecule has 0 amide bonds. The Morgan fingerprint density at radius 2 is 1.00 bits per heavy atom. The van der Waals surface area contributed by atoms with Crippen molar-refractivity contribution in [2.75, 3.05) is 0 Å². The highest BCUT2D eigenvalue weighted by atomic mass is 16.4. The first-order valence-electron chi connectivity index (χ1n) is 9.86. The van der Waals surface area contributed by atoms with Crippen molar-refractivity contribution in [1.82, 2.24) is 0 Å². The van der Waals surface area contributed by atoms with Crippen LogP contribution in [-0.4, -0.2) is 11.1 Å². The van der Waals surface area contributed by atoms with Crippen molar-refractivity contribution in [3.63, 3.8) is 0 Å². The van der Waals surface area contributed by atoms with Gasteiger partial charge in [-0.3, -0.25) is 4.79 Å². The molecule has 0 heterocycles. The smallest absolute Gasteiger partial charge is 0.309 e. The molecule has 1 N–H and O–H groups in total. The van der Waals surface area contributed by atoms with Crippen molar-refractivity contribution in [2.24, 2.45) is 5.41 Å². The molecule has 0 atom stereocenters. The van der Waals surface area contributed by atoms with Gasteiger partial charge >= 0.3 is 5.97 Å². The molecule has 0 unspecified atom stereocenters. The molecular formula is C20H40O2. The molecule has 132 valence electrons. The molecule has 0 aliphatic rings. The van der Waals surface area contributed by atoms with Gasteiger partial charge in [0.1, 0.15) is 0 Å². The minimum Gasteiger partial charge on any atom is -0.481 e. The summed E-state index contributed by atoms with van der Waals surface area (Å²) in [6, 6.07) is 0. The maximum absolute atomic E-state index is 12.0. The number of hydrogen-bond acceptors (Lipinski definition) is 1. The summed E-state index contributed by atoms with van der Waals surface area (Å²) in [4.78, 5) is 12.0. The van der Waals surface area contributed by atoms with Gasteiger partial charge in [0.25, 0.3) is 0 Å². The maximum Gasteiger partial charge on any atom is 0.309 e. The molecule has 0 bridgehead atoms. The lowest BCUT2D eigenvalue weighted by atomic mass is 9.74. The number of rotatable bonds is 16. The Morgan fingerprint density at radius 1 is 0.636 bits per heavy atom. The third-order valence-electron chi connectivity index (χ3n) is 4.98. The molecule has 0 fully saturated rings. The lowest BCUT2D eigenvalue weighted by Crippen LogP contribution is -2.31. The predicted molar refractivity (Wildman–Crippen MR) is 96.3 cm³/mol. The van der Waals surface area contributed by atoms with Crippen LogP contribution in [0, 0.1) is 5.41 Å². The first-order chi connectivity index (χ1) is 10.6. The summed E-state index contributed by atoms with van der Waals surface area (Å²) >= 11 is 0. The monoisotopic (exact) mass is 312 g/mol. The largest absolute Gasteiger partial charge is 0.481 e. The molecule has 0 aromatic heterocycles. The first-order valence-corrected chi connectivity index (χ1v) is 9.86. The molecule has 22 heavy (non-hydrogen) atoms. The Labute approximate surface area is 139 Å². The summed E-state index contributed by atoms with van der Waals surface area (Å²) < 4.78 is 0. The van der Waals surface area contributed by atoms with Crippen molar-refractivity contribution < 1.29 is 9.90 Å². The molecule has 0 aliphatic carbocycles. The van der Waals surface area contributed by atoms with Crippen molar-refractivity contribution in [1.29, 1.82) is 0 Å². The lowest BCUT2D eigenvalue weighted by Gasteiger charge is -2.30. The van der Waals surface area contributed by atoms with Crippen LogP contribution in [0.25, 0.3) is 0 Å². The van der Waals surface area contributed by atoms with Gasteiger partial charge in [0.15, 0.2) is 0 Å². The quantitative estimate of drug-likeness (QED) is 0.312. The minimum absolute atomic E-state index is 0.436. The van der Waals surface area contributed by atoms with Gasteiger partial charge < -0.3 is 5.11 Å². The van der Waals surface area contributed by atoms with Crippen LogP contribution in [0.1, 0.15) is 117 Å². The van der Waals surface area contributed by atoms with Crippen molar-refractivity contribution in [3.8, 4) is 0 Å². The van der Waals surface area contributed by atoms with E-state index in [1.807, 2.05) is 0 Å². The van der Waals surface area contributed by atoms with Gasteiger partial charge in [0, 0.05) is 0 Å². The molecule has 0 radical (unpaired) electrons. The first kappa shape index (κ1) is 21.5. The number of hydrogen-bond donors (Lipinski definition) is 1. The summed E-state index contributed by atoms with van der Waals surface area (Å²) in [5, 5.41) is 9.86. The van der Waals surface area contributed by atoms with Gasteiger partial charge in [0.05, 0.1) is 5.41 Å². The summed E-state index contributed by atoms with van der Waals surface area (Å²) in [7, 11) is 0. The zero-order valence-electron chi connectivity index (χ0n) is 15.5. The normalized spacial score (nSPS) is 11.8. The number of aliphatic carboxylic acids is 1. The molecule has 0 saturated heterocycles. The number of carboxylic acids is 1. The zero-order valence-corrected chi connectivity index (χ0v) is 15.5. The molecule has 0 spiro atoms. The Balaban J connectivity index is 4.39. The Kier molecular flexibility index (Phi) is 13.7. The zero-order chi connectivity index (χ0) is 16.7. The van der Waals surface area contributed by atoms with Gasteiger partial charge in [-0.1, -0.05) is 97.8 Å². The molecule has 0 saturated carbocycles. The second-order valence-corrected chi connectivity index (χ2v) is 7.02. The van der Waals surface area contributed by atoms with Gasteiger partial charge in [-0.25, -0.2) is 0 Å². The van der Waals surface area contributed by atoms with Gasteiger partial charge in [0.2, 0.25) is 0 Å². The van der Waals surface area contributed by atoms with Gasteiger partial charge in [-0.05, 0) is 19.3 Å². The summed E-state index contributed by atoms with van der Waals surface area (Å²) in [5.41, 5.74) is -0.436. The molecule has 0 rings (SSSR count). The number of carbonyl (C=O) groups is 1. The van der Waals surface area contributed by atoms with Crippen LogP contribution in [0.4, 0.5) is 0 Å². The standard InChI is InChI=1S/C20H40O2/c1-4-7-10-12-14-17-20(19(21)22,16-9-6-3)18-15-13-11-8-5-2/h4-18H2,1-3H3,(H,21,22). The van der Waals surface area contributed by atoms with Crippen molar-refractivity contribution in [3.05, 3.63) is 0 Å². The number of carboxylic acid groups (broad SMARTS) is 1. The molecule has 0 aromatic carbocycles. The van der Waals surface area contributed by atoms with E-state index in [2.05, 4.69) is 20.8 Å². The molecular weight excluding hydrogens is 272 g/mol. The molecule has 0 aliphatic heterocycles. The SMILES string of the molecule is CCCCCCCC(CCCC)(CCCCCCC)C(=O)O. The number of unbranched alkanes of at least 4 members (excludes halogenated alkanes) is 9. The van der Waals surface area contributed by atoms with E-state index >= 15 is 0 Å². The topological polar surface area (TPSA) is 37.3 Å². The van der Waals surface area contributed by atoms with Crippen LogP contribution in [0.3, 0.4) is 0 Å².